The third-order valence-electron chi connectivity index (χ3n) is 4.03. The number of likely N-dealkylation sites (tertiary alicyclic amines) is 1. The first-order valence-corrected chi connectivity index (χ1v) is 7.72. The third kappa shape index (κ3) is 3.07. The predicted molar refractivity (Wildman–Crippen MR) is 86.2 cm³/mol. The molecule has 0 N–H and O–H groups in total. The number of hydrogen-bond donors (Lipinski definition) is 0. The zero-order valence-corrected chi connectivity index (χ0v) is 12.9. The van der Waals surface area contributed by atoms with Gasteiger partial charge in [-0.2, -0.15) is 0 Å². The number of benzene rings is 1. The van der Waals surface area contributed by atoms with E-state index in [1.807, 2.05) is 35.2 Å². The van der Waals surface area contributed by atoms with E-state index in [1.165, 1.54) is 6.07 Å². The van der Waals surface area contributed by atoms with Crippen molar-refractivity contribution >= 4 is 17.5 Å². The first-order chi connectivity index (χ1) is 10.6. The van der Waals surface area contributed by atoms with Crippen molar-refractivity contribution in [2.75, 3.05) is 13.1 Å². The molecule has 1 unspecified atom stereocenters. The molecule has 114 valence electrons. The highest BCUT2D eigenvalue weighted by Crippen LogP contribution is 2.21. The van der Waals surface area contributed by atoms with Crippen molar-refractivity contribution in [3.63, 3.8) is 0 Å². The van der Waals surface area contributed by atoms with E-state index in [0.29, 0.717) is 23.8 Å². The lowest BCUT2D eigenvalue weighted by Crippen LogP contribution is -2.30. The van der Waals surface area contributed by atoms with Crippen molar-refractivity contribution in [2.24, 2.45) is 5.92 Å². The zero-order chi connectivity index (χ0) is 15.5. The molecule has 1 saturated heterocycles. The highest BCUT2D eigenvalue weighted by molar-refractivity contribution is 6.29. The summed E-state index contributed by atoms with van der Waals surface area (Å²) in [7, 11) is 0. The molecule has 5 heteroatoms. The van der Waals surface area contributed by atoms with Gasteiger partial charge in [-0.05, 0) is 30.5 Å². The fraction of sp³-hybridized carbons (Fsp3) is 0.294. The van der Waals surface area contributed by atoms with Crippen LogP contribution in [0.2, 0.25) is 5.15 Å². The van der Waals surface area contributed by atoms with Gasteiger partial charge in [0.05, 0.1) is 0 Å². The average molecular weight is 317 g/mol. The van der Waals surface area contributed by atoms with Gasteiger partial charge in [-0.25, -0.2) is 0 Å². The highest BCUT2D eigenvalue weighted by Gasteiger charge is 2.27. The van der Waals surface area contributed by atoms with Crippen LogP contribution in [0.3, 0.4) is 0 Å². The van der Waals surface area contributed by atoms with Crippen LogP contribution in [0.5, 0.6) is 0 Å². The van der Waals surface area contributed by atoms with Crippen LogP contribution >= 0.6 is 11.6 Å². The Kier molecular flexibility index (Phi) is 4.29. The summed E-state index contributed by atoms with van der Waals surface area (Å²) in [6.45, 7) is 1.93. The molecule has 1 aliphatic heterocycles. The van der Waals surface area contributed by atoms with Gasteiger partial charge in [0.15, 0.2) is 0 Å². The molecule has 0 spiro atoms. The van der Waals surface area contributed by atoms with E-state index in [-0.39, 0.29) is 17.4 Å². The van der Waals surface area contributed by atoms with Gasteiger partial charge in [-0.1, -0.05) is 35.9 Å². The summed E-state index contributed by atoms with van der Waals surface area (Å²) < 4.78 is 1.57. The Hall–Kier alpha value is -2.07. The van der Waals surface area contributed by atoms with Crippen molar-refractivity contribution in [1.82, 2.24) is 9.47 Å². The molecule has 0 saturated carbocycles. The molecule has 1 fully saturated rings. The largest absolute Gasteiger partial charge is 0.338 e. The van der Waals surface area contributed by atoms with Crippen molar-refractivity contribution in [3.8, 4) is 0 Å². The van der Waals surface area contributed by atoms with Gasteiger partial charge in [0.2, 0.25) is 0 Å². The van der Waals surface area contributed by atoms with E-state index < -0.39 is 0 Å². The Balaban J connectivity index is 1.68. The molecule has 22 heavy (non-hydrogen) atoms. The molecular formula is C17H17ClN2O2. The minimum absolute atomic E-state index is 0.0506. The fourth-order valence-electron chi connectivity index (χ4n) is 2.86. The van der Waals surface area contributed by atoms with Crippen LogP contribution in [0.25, 0.3) is 0 Å². The van der Waals surface area contributed by atoms with Gasteiger partial charge < -0.3 is 4.90 Å². The molecule has 3 rings (SSSR count). The van der Waals surface area contributed by atoms with Gasteiger partial charge in [-0.3, -0.25) is 14.2 Å². The van der Waals surface area contributed by atoms with Crippen molar-refractivity contribution in [2.45, 2.75) is 13.0 Å². The van der Waals surface area contributed by atoms with Crippen LogP contribution in [-0.4, -0.2) is 28.5 Å². The smallest absolute Gasteiger partial charge is 0.253 e. The number of pyridine rings is 1. The monoisotopic (exact) mass is 316 g/mol. The third-order valence-corrected chi connectivity index (χ3v) is 4.36. The van der Waals surface area contributed by atoms with Crippen molar-refractivity contribution in [3.05, 3.63) is 69.6 Å². The highest BCUT2D eigenvalue weighted by atomic mass is 35.5. The predicted octanol–water partition coefficient (Wildman–Crippen LogP) is 2.66. The molecule has 2 aromatic rings. The van der Waals surface area contributed by atoms with E-state index in [2.05, 4.69) is 0 Å². The zero-order valence-electron chi connectivity index (χ0n) is 12.1. The Labute approximate surface area is 133 Å². The maximum atomic E-state index is 12.4. The van der Waals surface area contributed by atoms with Gasteiger partial charge in [-0.15, -0.1) is 0 Å². The van der Waals surface area contributed by atoms with Crippen LogP contribution in [0.1, 0.15) is 16.8 Å². The SMILES string of the molecule is O=C(c1ccccc1)N1CCC(Cn2c(Cl)cccc2=O)C1. The summed E-state index contributed by atoms with van der Waals surface area (Å²) in [6, 6.07) is 14.2. The molecule has 1 atom stereocenters. The normalized spacial score (nSPS) is 17.7. The minimum Gasteiger partial charge on any atom is -0.338 e. The van der Waals surface area contributed by atoms with E-state index in [1.54, 1.807) is 16.7 Å². The Morgan fingerprint density at radius 1 is 1.14 bits per heavy atom. The average Bonchev–Trinajstić information content (AvgIpc) is 3.00. The summed E-state index contributed by atoms with van der Waals surface area (Å²) in [4.78, 5) is 26.1. The topological polar surface area (TPSA) is 42.3 Å². The van der Waals surface area contributed by atoms with E-state index >= 15 is 0 Å². The molecule has 4 nitrogen and oxygen atoms in total. The van der Waals surface area contributed by atoms with Crippen molar-refractivity contribution in [1.29, 1.82) is 0 Å². The number of amides is 1. The number of rotatable bonds is 3. The lowest BCUT2D eigenvalue weighted by Gasteiger charge is -2.17. The van der Waals surface area contributed by atoms with E-state index in [0.717, 1.165) is 13.0 Å². The molecule has 1 amide bonds. The quantitative estimate of drug-likeness (QED) is 0.817. The molecule has 2 heterocycles. The summed E-state index contributed by atoms with van der Waals surface area (Å²) in [5, 5.41) is 0.445. The first-order valence-electron chi connectivity index (χ1n) is 7.35. The van der Waals surface area contributed by atoms with Gasteiger partial charge in [0, 0.05) is 31.3 Å². The van der Waals surface area contributed by atoms with E-state index in [9.17, 15) is 9.59 Å². The van der Waals surface area contributed by atoms with Crippen LogP contribution in [0, 0.1) is 5.92 Å². The van der Waals surface area contributed by atoms with Crippen molar-refractivity contribution < 1.29 is 4.79 Å². The van der Waals surface area contributed by atoms with Gasteiger partial charge in [0.1, 0.15) is 5.15 Å². The maximum Gasteiger partial charge on any atom is 0.253 e. The molecular weight excluding hydrogens is 300 g/mol. The molecule has 0 aliphatic carbocycles. The molecule has 1 aromatic heterocycles. The van der Waals surface area contributed by atoms with Gasteiger partial charge in [0.25, 0.3) is 11.5 Å². The van der Waals surface area contributed by atoms with Crippen LogP contribution < -0.4 is 5.56 Å². The lowest BCUT2D eigenvalue weighted by molar-refractivity contribution is 0.0786. The molecule has 0 bridgehead atoms. The van der Waals surface area contributed by atoms with E-state index in [4.69, 9.17) is 11.6 Å². The summed E-state index contributed by atoms with van der Waals surface area (Å²) in [5.41, 5.74) is 0.610. The number of halogens is 1. The second-order valence-electron chi connectivity index (χ2n) is 5.57. The molecule has 1 aromatic carbocycles. The first kappa shape index (κ1) is 14.9. The second kappa shape index (κ2) is 6.36. The Morgan fingerprint density at radius 2 is 1.91 bits per heavy atom. The summed E-state index contributed by atoms with van der Waals surface area (Å²) in [5.74, 6) is 0.305. The van der Waals surface area contributed by atoms with Crippen LogP contribution in [0.15, 0.2) is 53.3 Å². The number of hydrogen-bond acceptors (Lipinski definition) is 2. The molecule has 1 aliphatic rings. The van der Waals surface area contributed by atoms with Gasteiger partial charge >= 0.3 is 0 Å². The summed E-state index contributed by atoms with van der Waals surface area (Å²) in [6.07, 6.45) is 0.885. The number of carbonyl (C=O) groups excluding carboxylic acids is 1. The lowest BCUT2D eigenvalue weighted by atomic mass is 10.1. The maximum absolute atomic E-state index is 12.4. The Bertz CT molecular complexity index is 727. The second-order valence-corrected chi connectivity index (χ2v) is 5.96. The number of nitrogens with zero attached hydrogens (tertiary/aromatic N) is 2. The number of carbonyl (C=O) groups is 1. The van der Waals surface area contributed by atoms with Crippen LogP contribution in [0.4, 0.5) is 0 Å². The molecule has 0 radical (unpaired) electrons. The Morgan fingerprint density at radius 3 is 2.64 bits per heavy atom. The fourth-order valence-corrected chi connectivity index (χ4v) is 3.08. The number of aromatic nitrogens is 1. The minimum atomic E-state index is -0.0969. The standard InChI is InChI=1S/C17H17ClN2O2/c18-15-7-4-8-16(21)20(15)12-13-9-10-19(11-13)17(22)14-5-2-1-3-6-14/h1-8,13H,9-12H2. The van der Waals surface area contributed by atoms with Crippen LogP contribution in [-0.2, 0) is 6.54 Å². The summed E-state index contributed by atoms with van der Waals surface area (Å²) >= 11 is 6.09.